The van der Waals surface area contributed by atoms with Crippen LogP contribution in [0, 0.1) is 11.3 Å². The quantitative estimate of drug-likeness (QED) is 0.740. The number of rotatable bonds is 5. The molecule has 27 heavy (non-hydrogen) atoms. The molecule has 1 fully saturated rings. The van der Waals surface area contributed by atoms with Gasteiger partial charge in [0.1, 0.15) is 0 Å². The summed E-state index contributed by atoms with van der Waals surface area (Å²) in [4.78, 5) is 13.8. The van der Waals surface area contributed by atoms with E-state index in [1.165, 1.54) is 23.4 Å². The summed E-state index contributed by atoms with van der Waals surface area (Å²) in [6.07, 6.45) is 0. The Bertz CT molecular complexity index is 988. The summed E-state index contributed by atoms with van der Waals surface area (Å²) < 4.78 is 27.2. The molecule has 0 amide bonds. The second-order valence-corrected chi connectivity index (χ2v) is 8.47. The predicted molar refractivity (Wildman–Crippen MR) is 102 cm³/mol. The van der Waals surface area contributed by atoms with Crippen LogP contribution in [0.5, 0.6) is 0 Å². The van der Waals surface area contributed by atoms with Crippen molar-refractivity contribution in [2.45, 2.75) is 18.4 Å². The standard InChI is InChI=1S/C20H21N3O3S/c1-16(24)17-7-4-8-20(13-17)27(25,26)23-11-9-22(10-12-23)15-19-6-3-2-5-18(19)14-21/h2-8,13H,9-12,15H2,1H3. The number of carbonyl (C=O) groups is 1. The molecule has 0 bridgehead atoms. The van der Waals surface area contributed by atoms with Crippen molar-refractivity contribution in [2.75, 3.05) is 26.2 Å². The first-order valence-electron chi connectivity index (χ1n) is 8.73. The molecule has 0 aliphatic carbocycles. The molecular formula is C20H21N3O3S. The molecule has 0 radical (unpaired) electrons. The summed E-state index contributed by atoms with van der Waals surface area (Å²) in [5.74, 6) is -0.159. The first kappa shape index (κ1) is 19.2. The van der Waals surface area contributed by atoms with Crippen LogP contribution in [0.15, 0.2) is 53.4 Å². The Morgan fingerprint density at radius 2 is 1.78 bits per heavy atom. The molecule has 6 nitrogen and oxygen atoms in total. The molecule has 0 unspecified atom stereocenters. The third-order valence-electron chi connectivity index (χ3n) is 4.74. The fourth-order valence-corrected chi connectivity index (χ4v) is 4.63. The largest absolute Gasteiger partial charge is 0.296 e. The number of ketones is 1. The van der Waals surface area contributed by atoms with Gasteiger partial charge in [0.05, 0.1) is 16.5 Å². The lowest BCUT2D eigenvalue weighted by molar-refractivity contribution is 0.101. The minimum atomic E-state index is -3.63. The van der Waals surface area contributed by atoms with Crippen molar-refractivity contribution >= 4 is 15.8 Å². The van der Waals surface area contributed by atoms with Crippen LogP contribution in [0.3, 0.4) is 0 Å². The van der Waals surface area contributed by atoms with Crippen molar-refractivity contribution in [1.82, 2.24) is 9.21 Å². The zero-order chi connectivity index (χ0) is 19.4. The van der Waals surface area contributed by atoms with Gasteiger partial charge in [-0.15, -0.1) is 0 Å². The highest BCUT2D eigenvalue weighted by Gasteiger charge is 2.29. The second-order valence-electron chi connectivity index (χ2n) is 6.53. The van der Waals surface area contributed by atoms with Gasteiger partial charge in [0.15, 0.2) is 5.78 Å². The van der Waals surface area contributed by atoms with Gasteiger partial charge in [-0.25, -0.2) is 8.42 Å². The molecule has 1 heterocycles. The van der Waals surface area contributed by atoms with Gasteiger partial charge in [-0.1, -0.05) is 30.3 Å². The Labute approximate surface area is 159 Å². The highest BCUT2D eigenvalue weighted by molar-refractivity contribution is 7.89. The van der Waals surface area contributed by atoms with E-state index in [4.69, 9.17) is 0 Å². The number of Topliss-reactive ketones (excluding diaryl/α,β-unsaturated/α-hetero) is 1. The first-order valence-corrected chi connectivity index (χ1v) is 10.2. The molecule has 0 atom stereocenters. The number of benzene rings is 2. The van der Waals surface area contributed by atoms with Crippen LogP contribution in [-0.2, 0) is 16.6 Å². The Morgan fingerprint density at radius 1 is 1.07 bits per heavy atom. The van der Waals surface area contributed by atoms with Crippen molar-refractivity contribution in [3.8, 4) is 6.07 Å². The Morgan fingerprint density at radius 3 is 2.44 bits per heavy atom. The Balaban J connectivity index is 1.69. The molecule has 1 aliphatic rings. The third kappa shape index (κ3) is 4.25. The molecule has 0 saturated carbocycles. The van der Waals surface area contributed by atoms with Crippen molar-refractivity contribution in [3.63, 3.8) is 0 Å². The number of hydrogen-bond donors (Lipinski definition) is 0. The highest BCUT2D eigenvalue weighted by atomic mass is 32.2. The summed E-state index contributed by atoms with van der Waals surface area (Å²) in [6, 6.07) is 15.8. The van der Waals surface area contributed by atoms with Gasteiger partial charge in [0.25, 0.3) is 0 Å². The van der Waals surface area contributed by atoms with Crippen molar-refractivity contribution in [3.05, 3.63) is 65.2 Å². The van der Waals surface area contributed by atoms with E-state index in [9.17, 15) is 18.5 Å². The van der Waals surface area contributed by atoms with Crippen molar-refractivity contribution < 1.29 is 13.2 Å². The van der Waals surface area contributed by atoms with E-state index in [0.29, 0.717) is 43.9 Å². The Hall–Kier alpha value is -2.53. The number of nitrogens with zero attached hydrogens (tertiary/aromatic N) is 3. The third-order valence-corrected chi connectivity index (χ3v) is 6.64. The van der Waals surface area contributed by atoms with Crippen LogP contribution >= 0.6 is 0 Å². The molecule has 0 aromatic heterocycles. The van der Waals surface area contributed by atoms with E-state index in [0.717, 1.165) is 5.56 Å². The number of hydrogen-bond acceptors (Lipinski definition) is 5. The fourth-order valence-electron chi connectivity index (χ4n) is 3.16. The molecule has 3 rings (SSSR count). The number of nitriles is 1. The minimum Gasteiger partial charge on any atom is -0.296 e. The Kier molecular flexibility index (Phi) is 5.71. The smallest absolute Gasteiger partial charge is 0.243 e. The van der Waals surface area contributed by atoms with E-state index in [1.54, 1.807) is 18.2 Å². The molecular weight excluding hydrogens is 362 g/mol. The maximum atomic E-state index is 12.9. The van der Waals surface area contributed by atoms with Crippen LogP contribution in [0.25, 0.3) is 0 Å². The van der Waals surface area contributed by atoms with Gasteiger partial charge in [0.2, 0.25) is 10.0 Å². The molecule has 1 aliphatic heterocycles. The number of piperazine rings is 1. The zero-order valence-corrected chi connectivity index (χ0v) is 15.9. The van der Waals surface area contributed by atoms with Crippen molar-refractivity contribution in [1.29, 1.82) is 5.26 Å². The van der Waals surface area contributed by atoms with Crippen LogP contribution in [0.2, 0.25) is 0 Å². The fraction of sp³-hybridized carbons (Fsp3) is 0.300. The van der Waals surface area contributed by atoms with Gasteiger partial charge in [-0.2, -0.15) is 9.57 Å². The average Bonchev–Trinajstić information content (AvgIpc) is 2.69. The monoisotopic (exact) mass is 383 g/mol. The highest BCUT2D eigenvalue weighted by Crippen LogP contribution is 2.20. The molecule has 1 saturated heterocycles. The molecule has 0 N–H and O–H groups in total. The van der Waals surface area contributed by atoms with Gasteiger partial charge in [-0.3, -0.25) is 9.69 Å². The number of sulfonamides is 1. The average molecular weight is 383 g/mol. The van der Waals surface area contributed by atoms with Crippen LogP contribution in [0.4, 0.5) is 0 Å². The molecule has 2 aromatic carbocycles. The van der Waals surface area contributed by atoms with E-state index in [1.807, 2.05) is 18.2 Å². The minimum absolute atomic E-state index is 0.151. The van der Waals surface area contributed by atoms with Gasteiger partial charge < -0.3 is 0 Å². The van der Waals surface area contributed by atoms with Gasteiger partial charge in [-0.05, 0) is 30.7 Å². The predicted octanol–water partition coefficient (Wildman–Crippen LogP) is 2.27. The van der Waals surface area contributed by atoms with Crippen LogP contribution < -0.4 is 0 Å². The topological polar surface area (TPSA) is 81.5 Å². The second kappa shape index (κ2) is 8.01. The maximum Gasteiger partial charge on any atom is 0.243 e. The van der Waals surface area contributed by atoms with Gasteiger partial charge >= 0.3 is 0 Å². The summed E-state index contributed by atoms with van der Waals surface area (Å²) in [6.45, 7) is 3.97. The zero-order valence-electron chi connectivity index (χ0n) is 15.1. The number of carbonyl (C=O) groups excluding carboxylic acids is 1. The van der Waals surface area contributed by atoms with Crippen LogP contribution in [0.1, 0.15) is 28.4 Å². The van der Waals surface area contributed by atoms with E-state index in [2.05, 4.69) is 11.0 Å². The SMILES string of the molecule is CC(=O)c1cccc(S(=O)(=O)N2CCN(Cc3ccccc3C#N)CC2)c1. The normalized spacial score (nSPS) is 16.0. The summed E-state index contributed by atoms with van der Waals surface area (Å²) in [5.41, 5.74) is 1.99. The summed E-state index contributed by atoms with van der Waals surface area (Å²) >= 11 is 0. The summed E-state index contributed by atoms with van der Waals surface area (Å²) in [5, 5.41) is 9.20. The molecule has 0 spiro atoms. The lowest BCUT2D eigenvalue weighted by atomic mass is 10.1. The van der Waals surface area contributed by atoms with E-state index >= 15 is 0 Å². The lowest BCUT2D eigenvalue weighted by Crippen LogP contribution is -2.48. The lowest BCUT2D eigenvalue weighted by Gasteiger charge is -2.34. The van der Waals surface area contributed by atoms with Crippen molar-refractivity contribution in [2.24, 2.45) is 0 Å². The maximum absolute atomic E-state index is 12.9. The summed E-state index contributed by atoms with van der Waals surface area (Å²) in [7, 11) is -3.63. The first-order chi connectivity index (χ1) is 12.9. The molecule has 2 aromatic rings. The van der Waals surface area contributed by atoms with Crippen LogP contribution in [-0.4, -0.2) is 49.6 Å². The molecule has 140 valence electrons. The van der Waals surface area contributed by atoms with E-state index in [-0.39, 0.29) is 10.7 Å². The molecule has 7 heteroatoms. The van der Waals surface area contributed by atoms with Gasteiger partial charge in [0, 0.05) is 38.3 Å². The van der Waals surface area contributed by atoms with E-state index < -0.39 is 10.0 Å².